The molecule has 6 amide bonds. The smallest absolute Gasteiger partial charge is 0.245 e. The van der Waals surface area contributed by atoms with Gasteiger partial charge in [0.25, 0.3) is 0 Å². The van der Waals surface area contributed by atoms with Crippen LogP contribution in [0.5, 0.6) is 0 Å². The number of carbonyl (C=O) groups excluding carboxylic acids is 9. The number of nitrogens with one attached hydrogen (secondary N) is 5. The van der Waals surface area contributed by atoms with Crippen LogP contribution in [-0.2, 0) is 49.6 Å². The van der Waals surface area contributed by atoms with Gasteiger partial charge in [0.2, 0.25) is 35.4 Å². The third-order valence-corrected chi connectivity index (χ3v) is 5.99. The van der Waals surface area contributed by atoms with Gasteiger partial charge in [-0.1, -0.05) is 30.3 Å². The first-order valence-electron chi connectivity index (χ1n) is 13.4. The monoisotopic (exact) mass is 634 g/mol. The minimum atomic E-state index is -1.81. The Morgan fingerprint density at radius 3 is 1.71 bits per heavy atom. The van der Waals surface area contributed by atoms with Crippen molar-refractivity contribution < 1.29 is 58.5 Å². The summed E-state index contributed by atoms with van der Waals surface area (Å²) in [5.41, 5.74) is 5.52. The number of hydrogen-bond acceptors (Lipinski definition) is 12. The summed E-state index contributed by atoms with van der Waals surface area (Å²) in [7, 11) is 0. The molecule has 0 aromatic heterocycles. The van der Waals surface area contributed by atoms with E-state index in [1.165, 1.54) is 0 Å². The Balaban J connectivity index is 3.21. The third-order valence-electron chi connectivity index (χ3n) is 5.99. The predicted molar refractivity (Wildman–Crippen MR) is 146 cm³/mol. The van der Waals surface area contributed by atoms with E-state index in [0.29, 0.717) is 5.56 Å². The molecule has 8 N–H and O–H groups in total. The summed E-state index contributed by atoms with van der Waals surface area (Å²) in [6.45, 7) is -0.0316. The van der Waals surface area contributed by atoms with E-state index in [-0.39, 0.29) is 25.5 Å². The fourth-order valence-electron chi connectivity index (χ4n) is 3.82. The summed E-state index contributed by atoms with van der Waals surface area (Å²) in [5.74, 6) is -9.53. The maximum absolute atomic E-state index is 13.3. The van der Waals surface area contributed by atoms with E-state index in [1.54, 1.807) is 30.3 Å². The Hall–Kier alpha value is -5.39. The summed E-state index contributed by atoms with van der Waals surface area (Å²) in [4.78, 5) is 108. The molecule has 45 heavy (non-hydrogen) atoms. The zero-order chi connectivity index (χ0) is 34.1. The zero-order valence-corrected chi connectivity index (χ0v) is 24.1. The second-order valence-corrected chi connectivity index (χ2v) is 9.72. The van der Waals surface area contributed by atoms with Crippen molar-refractivity contribution in [3.8, 4) is 0 Å². The average molecular weight is 635 g/mol. The molecule has 18 heteroatoms. The van der Waals surface area contributed by atoms with Gasteiger partial charge >= 0.3 is 0 Å². The highest BCUT2D eigenvalue weighted by Gasteiger charge is 2.32. The fourth-order valence-corrected chi connectivity index (χ4v) is 3.82. The number of amides is 6. The molecular weight excluding hydrogens is 600 g/mol. The molecule has 1 rings (SSSR count). The SMILES string of the molecule is CC(=O)N[C@@H](CC(=O)[O-])C(=O)N[C@@H](CO)C(=O)N[C@@H](Cc1ccccc1)C(=O)N[C@@H](CC(=O)[O-])C(=O)N[C@H](C=O)CCC(N)=O. The van der Waals surface area contributed by atoms with Gasteiger partial charge in [-0.2, -0.15) is 0 Å². The van der Waals surface area contributed by atoms with Gasteiger partial charge in [0, 0.05) is 44.5 Å². The topological polar surface area (TPSA) is 306 Å². The molecule has 18 nitrogen and oxygen atoms in total. The van der Waals surface area contributed by atoms with Gasteiger partial charge in [0.05, 0.1) is 12.6 Å². The standard InChI is InChI=1S/C27H36N6O12/c1-14(36)29-18(10-22(38)39)26(44)33-20(13-35)27(45)31-17(9-15-5-3-2-4-6-15)25(43)32-19(11-23(40)41)24(42)30-16(12-34)7-8-21(28)37/h2-6,12,16-20,35H,7-11,13H2,1H3,(H2,28,37)(H,29,36)(H,30,42)(H,31,45)(H,32,43)(H,33,44)(H,38,39)(H,40,41)/p-2/t16-,17-,18-,19-,20-/m0/s1. The van der Waals surface area contributed by atoms with Crippen LogP contribution in [0.25, 0.3) is 0 Å². The number of carbonyl (C=O) groups is 9. The average Bonchev–Trinajstić information content (AvgIpc) is 2.96. The largest absolute Gasteiger partial charge is 0.550 e. The molecule has 0 spiro atoms. The Morgan fingerprint density at radius 2 is 1.22 bits per heavy atom. The highest BCUT2D eigenvalue weighted by molar-refractivity contribution is 5.97. The van der Waals surface area contributed by atoms with Gasteiger partial charge in [-0.3, -0.25) is 28.8 Å². The lowest BCUT2D eigenvalue weighted by atomic mass is 10.0. The summed E-state index contributed by atoms with van der Waals surface area (Å²) in [5, 5.41) is 42.9. The number of aliphatic hydroxyl groups is 1. The number of primary amides is 1. The lowest BCUT2D eigenvalue weighted by Gasteiger charge is -2.26. The lowest BCUT2D eigenvalue weighted by molar-refractivity contribution is -0.307. The fraction of sp³-hybridized carbons (Fsp3) is 0.444. The minimum Gasteiger partial charge on any atom is -0.550 e. The van der Waals surface area contributed by atoms with Crippen molar-refractivity contribution >= 4 is 53.7 Å². The van der Waals surface area contributed by atoms with Gasteiger partial charge in [-0.05, 0) is 12.0 Å². The van der Waals surface area contributed by atoms with Crippen molar-refractivity contribution in [3.05, 3.63) is 35.9 Å². The van der Waals surface area contributed by atoms with Crippen molar-refractivity contribution in [2.45, 2.75) is 69.2 Å². The zero-order valence-electron chi connectivity index (χ0n) is 24.1. The van der Waals surface area contributed by atoms with Crippen molar-refractivity contribution in [2.75, 3.05) is 6.61 Å². The molecule has 0 fully saturated rings. The van der Waals surface area contributed by atoms with Crippen LogP contribution in [0, 0.1) is 0 Å². The first kappa shape index (κ1) is 37.6. The molecule has 1 aromatic carbocycles. The molecule has 0 saturated carbocycles. The number of nitrogens with two attached hydrogens (primary N) is 1. The van der Waals surface area contributed by atoms with Crippen LogP contribution in [0.4, 0.5) is 0 Å². The van der Waals surface area contributed by atoms with Crippen molar-refractivity contribution in [2.24, 2.45) is 5.73 Å². The number of aliphatic carboxylic acids is 2. The van der Waals surface area contributed by atoms with Gasteiger partial charge < -0.3 is 62.0 Å². The quantitative estimate of drug-likeness (QED) is 0.0659. The van der Waals surface area contributed by atoms with Crippen molar-refractivity contribution in [1.82, 2.24) is 26.6 Å². The van der Waals surface area contributed by atoms with Crippen molar-refractivity contribution in [3.63, 3.8) is 0 Å². The number of carboxylic acids is 2. The summed E-state index contributed by atoms with van der Waals surface area (Å²) >= 11 is 0. The Labute approximate surface area is 256 Å². The van der Waals surface area contributed by atoms with Crippen LogP contribution in [-0.4, -0.2) is 95.6 Å². The molecule has 246 valence electrons. The van der Waals surface area contributed by atoms with Crippen LogP contribution in [0.1, 0.15) is 38.2 Å². The maximum Gasteiger partial charge on any atom is 0.245 e. The number of benzene rings is 1. The van der Waals surface area contributed by atoms with Crippen LogP contribution in [0.15, 0.2) is 30.3 Å². The predicted octanol–water partition coefficient (Wildman–Crippen LogP) is -6.59. The highest BCUT2D eigenvalue weighted by Crippen LogP contribution is 2.06. The van der Waals surface area contributed by atoms with Crippen LogP contribution in [0.2, 0.25) is 0 Å². The summed E-state index contributed by atoms with van der Waals surface area (Å²) in [6, 6.07) is -0.00224. The molecular formula is C27H34N6O12-2. The van der Waals surface area contributed by atoms with Gasteiger partial charge in [0.15, 0.2) is 0 Å². The van der Waals surface area contributed by atoms with Crippen LogP contribution in [0.3, 0.4) is 0 Å². The number of aliphatic hydroxyl groups excluding tert-OH is 1. The molecule has 0 heterocycles. The summed E-state index contributed by atoms with van der Waals surface area (Å²) in [6.07, 6.45) is -2.46. The molecule has 0 bridgehead atoms. The van der Waals surface area contributed by atoms with E-state index < -0.39 is 97.0 Å². The molecule has 0 aliphatic rings. The first-order chi connectivity index (χ1) is 21.2. The molecule has 0 aliphatic carbocycles. The molecule has 0 radical (unpaired) electrons. The third kappa shape index (κ3) is 14.6. The Bertz CT molecular complexity index is 1240. The molecule has 0 aliphatic heterocycles. The van der Waals surface area contributed by atoms with Gasteiger partial charge in [-0.25, -0.2) is 0 Å². The van der Waals surface area contributed by atoms with Crippen molar-refractivity contribution in [1.29, 1.82) is 0 Å². The van der Waals surface area contributed by atoms with E-state index in [4.69, 9.17) is 5.73 Å². The maximum atomic E-state index is 13.3. The van der Waals surface area contributed by atoms with E-state index in [0.717, 1.165) is 6.92 Å². The molecule has 0 saturated heterocycles. The number of hydrogen-bond donors (Lipinski definition) is 7. The highest BCUT2D eigenvalue weighted by atomic mass is 16.4. The van der Waals surface area contributed by atoms with Crippen LogP contribution >= 0.6 is 0 Å². The van der Waals surface area contributed by atoms with Crippen LogP contribution < -0.4 is 42.5 Å². The first-order valence-corrected chi connectivity index (χ1v) is 13.4. The number of aldehydes is 1. The second kappa shape index (κ2) is 19.0. The van der Waals surface area contributed by atoms with E-state index in [2.05, 4.69) is 26.6 Å². The molecule has 5 atom stereocenters. The van der Waals surface area contributed by atoms with E-state index in [9.17, 15) is 58.5 Å². The molecule has 1 aromatic rings. The molecule has 0 unspecified atom stereocenters. The Morgan fingerprint density at radius 1 is 0.756 bits per heavy atom. The van der Waals surface area contributed by atoms with Gasteiger partial charge in [0.1, 0.15) is 30.5 Å². The summed E-state index contributed by atoms with van der Waals surface area (Å²) < 4.78 is 0. The minimum absolute atomic E-state index is 0.205. The van der Waals surface area contributed by atoms with Gasteiger partial charge in [-0.15, -0.1) is 0 Å². The lowest BCUT2D eigenvalue weighted by Crippen LogP contribution is -2.60. The second-order valence-electron chi connectivity index (χ2n) is 9.72. The number of rotatable bonds is 20. The number of carboxylic acid groups (broad SMARTS) is 2. The Kier molecular flexibility index (Phi) is 15.9. The van der Waals surface area contributed by atoms with E-state index in [1.807, 2.05) is 0 Å². The normalized spacial score (nSPS) is 13.8. The van der Waals surface area contributed by atoms with E-state index >= 15 is 0 Å².